The quantitative estimate of drug-likeness (QED) is 0.764. The van der Waals surface area contributed by atoms with Crippen molar-refractivity contribution in [2.24, 2.45) is 5.41 Å². The van der Waals surface area contributed by atoms with Crippen molar-refractivity contribution < 1.29 is 4.79 Å². The molecule has 0 saturated carbocycles. The Bertz CT molecular complexity index is 778. The van der Waals surface area contributed by atoms with Crippen molar-refractivity contribution in [1.29, 1.82) is 0 Å². The number of amides is 1. The van der Waals surface area contributed by atoms with Gasteiger partial charge in [0.25, 0.3) is 0 Å². The first-order valence-corrected chi connectivity index (χ1v) is 10.4. The Morgan fingerprint density at radius 1 is 1.23 bits per heavy atom. The van der Waals surface area contributed by atoms with E-state index in [4.69, 9.17) is 0 Å². The zero-order valence-electron chi connectivity index (χ0n) is 15.8. The van der Waals surface area contributed by atoms with Gasteiger partial charge in [0.15, 0.2) is 0 Å². The molecule has 1 atom stereocenters. The van der Waals surface area contributed by atoms with Crippen LogP contribution in [0.3, 0.4) is 0 Å². The standard InChI is InChI=1S/C21H27N3OS/c1-15(2)24-19(17-7-5-4-6-8-17)21(20(24)25)9-11-23(12-10-21)13-18-16(3)22-14-26-18/h4-8,14-15,19H,9-13H2,1-3H3. The molecule has 3 heterocycles. The molecule has 2 aliphatic heterocycles. The van der Waals surface area contributed by atoms with Gasteiger partial charge in [0.2, 0.25) is 5.91 Å². The molecule has 4 rings (SSSR count). The molecule has 4 nitrogen and oxygen atoms in total. The second kappa shape index (κ2) is 6.78. The van der Waals surface area contributed by atoms with Gasteiger partial charge in [0.1, 0.15) is 0 Å². The smallest absolute Gasteiger partial charge is 0.232 e. The summed E-state index contributed by atoms with van der Waals surface area (Å²) >= 11 is 1.74. The normalized spacial score (nSPS) is 22.8. The van der Waals surface area contributed by atoms with E-state index in [2.05, 4.69) is 65.9 Å². The van der Waals surface area contributed by atoms with Crippen molar-refractivity contribution in [1.82, 2.24) is 14.8 Å². The van der Waals surface area contributed by atoms with E-state index in [1.54, 1.807) is 11.3 Å². The minimum atomic E-state index is -0.204. The molecule has 0 N–H and O–H groups in total. The Balaban J connectivity index is 1.52. The molecule has 2 saturated heterocycles. The van der Waals surface area contributed by atoms with Gasteiger partial charge in [-0.2, -0.15) is 0 Å². The fourth-order valence-electron chi connectivity index (χ4n) is 4.62. The minimum absolute atomic E-state index is 0.204. The van der Waals surface area contributed by atoms with Crippen molar-refractivity contribution in [3.8, 4) is 0 Å². The molecule has 1 amide bonds. The highest BCUT2D eigenvalue weighted by atomic mass is 32.1. The second-order valence-electron chi connectivity index (χ2n) is 7.91. The van der Waals surface area contributed by atoms with Gasteiger partial charge < -0.3 is 4.90 Å². The number of carbonyl (C=O) groups is 1. The molecule has 1 unspecified atom stereocenters. The molecule has 2 aliphatic rings. The summed E-state index contributed by atoms with van der Waals surface area (Å²) in [6.07, 6.45) is 1.90. The summed E-state index contributed by atoms with van der Waals surface area (Å²) in [6.45, 7) is 9.27. The predicted octanol–water partition coefficient (Wildman–Crippen LogP) is 4.03. The highest BCUT2D eigenvalue weighted by molar-refractivity contribution is 7.09. The van der Waals surface area contributed by atoms with Gasteiger partial charge >= 0.3 is 0 Å². The number of piperidine rings is 1. The molecule has 1 spiro atoms. The van der Waals surface area contributed by atoms with Crippen LogP contribution in [-0.2, 0) is 11.3 Å². The number of thiazole rings is 1. The van der Waals surface area contributed by atoms with Crippen molar-refractivity contribution in [3.63, 3.8) is 0 Å². The van der Waals surface area contributed by atoms with E-state index in [1.165, 1.54) is 10.4 Å². The monoisotopic (exact) mass is 369 g/mol. The summed E-state index contributed by atoms with van der Waals surface area (Å²) < 4.78 is 0. The van der Waals surface area contributed by atoms with E-state index in [-0.39, 0.29) is 17.5 Å². The summed E-state index contributed by atoms with van der Waals surface area (Å²) in [6, 6.07) is 11.1. The van der Waals surface area contributed by atoms with Crippen molar-refractivity contribution >= 4 is 17.2 Å². The minimum Gasteiger partial charge on any atom is -0.332 e. The third-order valence-corrected chi connectivity index (χ3v) is 7.01. The maximum absolute atomic E-state index is 13.1. The zero-order valence-corrected chi connectivity index (χ0v) is 16.6. The molecule has 2 aromatic rings. The van der Waals surface area contributed by atoms with Crippen LogP contribution in [0.5, 0.6) is 0 Å². The summed E-state index contributed by atoms with van der Waals surface area (Å²) in [7, 11) is 0. The Morgan fingerprint density at radius 2 is 1.92 bits per heavy atom. The van der Waals surface area contributed by atoms with Crippen LogP contribution in [0.2, 0.25) is 0 Å². The molecule has 2 fully saturated rings. The molecule has 26 heavy (non-hydrogen) atoms. The summed E-state index contributed by atoms with van der Waals surface area (Å²) in [5, 5.41) is 0. The average Bonchev–Trinajstić information content (AvgIpc) is 3.05. The SMILES string of the molecule is Cc1ncsc1CN1CCC2(CC1)C(=O)N(C(C)C)C2c1ccccc1. The molecule has 0 radical (unpaired) electrons. The van der Waals surface area contributed by atoms with Crippen LogP contribution in [0.25, 0.3) is 0 Å². The number of nitrogens with zero attached hydrogens (tertiary/aromatic N) is 3. The highest BCUT2D eigenvalue weighted by Gasteiger charge is 2.61. The van der Waals surface area contributed by atoms with E-state index in [0.29, 0.717) is 5.91 Å². The number of β-lactam (4-membered cyclic amide) rings is 1. The number of hydrogen-bond acceptors (Lipinski definition) is 4. The van der Waals surface area contributed by atoms with Gasteiger partial charge in [0, 0.05) is 17.5 Å². The molecular formula is C21H27N3OS. The lowest BCUT2D eigenvalue weighted by atomic mass is 9.62. The first-order chi connectivity index (χ1) is 12.5. The lowest BCUT2D eigenvalue weighted by Crippen LogP contribution is -2.67. The molecule has 0 bridgehead atoms. The van der Waals surface area contributed by atoms with Crippen LogP contribution < -0.4 is 0 Å². The number of carbonyl (C=O) groups excluding carboxylic acids is 1. The van der Waals surface area contributed by atoms with E-state index in [0.717, 1.165) is 38.2 Å². The Kier molecular flexibility index (Phi) is 4.61. The summed E-state index contributed by atoms with van der Waals surface area (Å²) in [5.41, 5.74) is 4.15. The van der Waals surface area contributed by atoms with Crippen molar-refractivity contribution in [3.05, 3.63) is 52.0 Å². The van der Waals surface area contributed by atoms with Crippen LogP contribution in [0.1, 0.15) is 48.9 Å². The largest absolute Gasteiger partial charge is 0.332 e. The van der Waals surface area contributed by atoms with Gasteiger partial charge in [-0.1, -0.05) is 30.3 Å². The number of benzene rings is 1. The van der Waals surface area contributed by atoms with E-state index >= 15 is 0 Å². The number of aromatic nitrogens is 1. The van der Waals surface area contributed by atoms with Gasteiger partial charge in [-0.3, -0.25) is 9.69 Å². The number of hydrogen-bond donors (Lipinski definition) is 0. The molecule has 0 aliphatic carbocycles. The van der Waals surface area contributed by atoms with Crippen LogP contribution in [0.4, 0.5) is 0 Å². The van der Waals surface area contributed by atoms with Crippen molar-refractivity contribution in [2.75, 3.05) is 13.1 Å². The molecule has 5 heteroatoms. The first-order valence-electron chi connectivity index (χ1n) is 9.52. The van der Waals surface area contributed by atoms with Crippen LogP contribution in [0.15, 0.2) is 35.8 Å². The van der Waals surface area contributed by atoms with Crippen LogP contribution in [0, 0.1) is 12.3 Å². The Hall–Kier alpha value is -1.72. The number of likely N-dealkylation sites (tertiary alicyclic amines) is 2. The molecule has 1 aromatic carbocycles. The predicted molar refractivity (Wildman–Crippen MR) is 105 cm³/mol. The van der Waals surface area contributed by atoms with Crippen LogP contribution >= 0.6 is 11.3 Å². The maximum Gasteiger partial charge on any atom is 0.232 e. The fraction of sp³-hybridized carbons (Fsp3) is 0.524. The summed E-state index contributed by atoms with van der Waals surface area (Å²) in [5.74, 6) is 0.356. The van der Waals surface area contributed by atoms with Crippen LogP contribution in [-0.4, -0.2) is 39.8 Å². The van der Waals surface area contributed by atoms with Gasteiger partial charge in [-0.15, -0.1) is 11.3 Å². The Labute approximate surface area is 159 Å². The van der Waals surface area contributed by atoms with Gasteiger partial charge in [-0.25, -0.2) is 4.98 Å². The van der Waals surface area contributed by atoms with E-state index in [1.807, 2.05) is 5.51 Å². The molecule has 1 aromatic heterocycles. The lowest BCUT2D eigenvalue weighted by molar-refractivity contribution is -0.185. The molecule has 138 valence electrons. The average molecular weight is 370 g/mol. The fourth-order valence-corrected chi connectivity index (χ4v) is 5.44. The number of aryl methyl sites for hydroxylation is 1. The second-order valence-corrected chi connectivity index (χ2v) is 8.85. The topological polar surface area (TPSA) is 36.4 Å². The van der Waals surface area contributed by atoms with E-state index in [9.17, 15) is 4.79 Å². The van der Waals surface area contributed by atoms with E-state index < -0.39 is 0 Å². The lowest BCUT2D eigenvalue weighted by Gasteiger charge is -2.60. The number of rotatable bonds is 4. The van der Waals surface area contributed by atoms with Gasteiger partial charge in [0.05, 0.1) is 22.7 Å². The zero-order chi connectivity index (χ0) is 18.3. The third kappa shape index (κ3) is 2.78. The maximum atomic E-state index is 13.1. The van der Waals surface area contributed by atoms with Crippen molar-refractivity contribution in [2.45, 2.75) is 52.2 Å². The first kappa shape index (κ1) is 17.7. The molecular weight excluding hydrogens is 342 g/mol. The highest BCUT2D eigenvalue weighted by Crippen LogP contribution is 2.56. The van der Waals surface area contributed by atoms with Gasteiger partial charge in [-0.05, 0) is 52.3 Å². The summed E-state index contributed by atoms with van der Waals surface area (Å²) in [4.78, 5) is 23.4. The Morgan fingerprint density at radius 3 is 2.50 bits per heavy atom. The third-order valence-electron chi connectivity index (χ3n) is 6.09.